The summed E-state index contributed by atoms with van der Waals surface area (Å²) in [6.07, 6.45) is 1.68. The molecule has 1 heterocycles. The maximum absolute atomic E-state index is 8.64. The third-order valence-electron chi connectivity index (χ3n) is 2.79. The fraction of sp³-hybridized carbons (Fsp3) is 0.333. The van der Waals surface area contributed by atoms with Crippen LogP contribution in [0, 0.1) is 0 Å². The molecule has 2 rings (SSSR count). The SMILES string of the molecule is OCCOCCNC(c1ccccc1)c1ccco1. The molecule has 0 bridgehead atoms. The lowest BCUT2D eigenvalue weighted by Crippen LogP contribution is -2.26. The van der Waals surface area contributed by atoms with Gasteiger partial charge >= 0.3 is 0 Å². The molecule has 4 nitrogen and oxygen atoms in total. The van der Waals surface area contributed by atoms with Gasteiger partial charge in [-0.25, -0.2) is 0 Å². The summed E-state index contributed by atoms with van der Waals surface area (Å²) in [4.78, 5) is 0. The van der Waals surface area contributed by atoms with Crippen LogP contribution in [0.4, 0.5) is 0 Å². The monoisotopic (exact) mass is 261 g/mol. The van der Waals surface area contributed by atoms with Crippen molar-refractivity contribution in [3.63, 3.8) is 0 Å². The van der Waals surface area contributed by atoms with Crippen molar-refractivity contribution >= 4 is 0 Å². The first-order valence-electron chi connectivity index (χ1n) is 6.42. The van der Waals surface area contributed by atoms with Gasteiger partial charge in [-0.3, -0.25) is 0 Å². The molecule has 102 valence electrons. The maximum Gasteiger partial charge on any atom is 0.125 e. The van der Waals surface area contributed by atoms with E-state index < -0.39 is 0 Å². The number of aliphatic hydroxyl groups is 1. The second kappa shape index (κ2) is 7.74. The van der Waals surface area contributed by atoms with E-state index in [9.17, 15) is 0 Å². The average molecular weight is 261 g/mol. The third-order valence-corrected chi connectivity index (χ3v) is 2.79. The highest BCUT2D eigenvalue weighted by Crippen LogP contribution is 2.21. The number of hydrogen-bond acceptors (Lipinski definition) is 4. The van der Waals surface area contributed by atoms with E-state index in [1.807, 2.05) is 30.3 Å². The molecular weight excluding hydrogens is 242 g/mol. The Kier molecular flexibility index (Phi) is 5.62. The van der Waals surface area contributed by atoms with E-state index in [4.69, 9.17) is 14.3 Å². The van der Waals surface area contributed by atoms with Crippen molar-refractivity contribution in [2.45, 2.75) is 6.04 Å². The molecule has 0 radical (unpaired) electrons. The molecule has 19 heavy (non-hydrogen) atoms. The summed E-state index contributed by atoms with van der Waals surface area (Å²) in [7, 11) is 0. The molecule has 0 saturated heterocycles. The van der Waals surface area contributed by atoms with Crippen molar-refractivity contribution in [2.24, 2.45) is 0 Å². The van der Waals surface area contributed by atoms with Crippen LogP contribution < -0.4 is 5.32 Å². The van der Waals surface area contributed by atoms with Crippen molar-refractivity contribution in [1.82, 2.24) is 5.32 Å². The first kappa shape index (κ1) is 13.8. The van der Waals surface area contributed by atoms with Crippen LogP contribution in [0.3, 0.4) is 0 Å². The molecule has 0 saturated carbocycles. The summed E-state index contributed by atoms with van der Waals surface area (Å²) in [5, 5.41) is 12.0. The molecule has 1 atom stereocenters. The second-order valence-corrected chi connectivity index (χ2v) is 4.15. The Balaban J connectivity index is 1.96. The predicted molar refractivity (Wildman–Crippen MR) is 72.9 cm³/mol. The molecule has 0 aliphatic rings. The zero-order valence-electron chi connectivity index (χ0n) is 10.8. The Morgan fingerprint density at radius 3 is 2.63 bits per heavy atom. The van der Waals surface area contributed by atoms with Gasteiger partial charge in [0.2, 0.25) is 0 Å². The van der Waals surface area contributed by atoms with Gasteiger partial charge in [-0.05, 0) is 17.7 Å². The lowest BCUT2D eigenvalue weighted by Gasteiger charge is -2.17. The Labute approximate surface area is 113 Å². The average Bonchev–Trinajstić information content (AvgIpc) is 2.98. The van der Waals surface area contributed by atoms with E-state index >= 15 is 0 Å². The summed E-state index contributed by atoms with van der Waals surface area (Å²) in [5.74, 6) is 0.883. The lowest BCUT2D eigenvalue weighted by molar-refractivity contribution is 0.0928. The van der Waals surface area contributed by atoms with Crippen LogP contribution in [-0.2, 0) is 4.74 Å². The lowest BCUT2D eigenvalue weighted by atomic mass is 10.0. The molecule has 0 amide bonds. The van der Waals surface area contributed by atoms with Gasteiger partial charge in [0.1, 0.15) is 5.76 Å². The van der Waals surface area contributed by atoms with Gasteiger partial charge in [-0.15, -0.1) is 0 Å². The molecule has 4 heteroatoms. The minimum atomic E-state index is 0.0222. The number of furan rings is 1. The standard InChI is InChI=1S/C15H19NO3/c17-9-12-18-11-8-16-15(14-7-4-10-19-14)13-5-2-1-3-6-13/h1-7,10,15-17H,8-9,11-12H2. The maximum atomic E-state index is 8.64. The molecule has 0 fully saturated rings. The Morgan fingerprint density at radius 1 is 1.11 bits per heavy atom. The van der Waals surface area contributed by atoms with E-state index in [-0.39, 0.29) is 12.6 Å². The van der Waals surface area contributed by atoms with Gasteiger partial charge in [0, 0.05) is 6.54 Å². The molecule has 0 aliphatic carbocycles. The highest BCUT2D eigenvalue weighted by Gasteiger charge is 2.15. The van der Waals surface area contributed by atoms with E-state index in [0.717, 1.165) is 11.3 Å². The van der Waals surface area contributed by atoms with Crippen LogP contribution in [0.25, 0.3) is 0 Å². The summed E-state index contributed by atoms with van der Waals surface area (Å²) >= 11 is 0. The molecule has 1 unspecified atom stereocenters. The van der Waals surface area contributed by atoms with Crippen LogP contribution in [0.2, 0.25) is 0 Å². The normalized spacial score (nSPS) is 12.5. The highest BCUT2D eigenvalue weighted by atomic mass is 16.5. The molecule has 2 N–H and O–H groups in total. The van der Waals surface area contributed by atoms with Crippen LogP contribution in [0.1, 0.15) is 17.4 Å². The Hall–Kier alpha value is -1.62. The molecular formula is C15H19NO3. The summed E-state index contributed by atoms with van der Waals surface area (Å²) < 4.78 is 10.7. The van der Waals surface area contributed by atoms with Crippen molar-refractivity contribution in [3.8, 4) is 0 Å². The number of benzene rings is 1. The fourth-order valence-electron chi connectivity index (χ4n) is 1.93. The van der Waals surface area contributed by atoms with E-state index in [2.05, 4.69) is 17.4 Å². The largest absolute Gasteiger partial charge is 0.467 e. The van der Waals surface area contributed by atoms with Crippen LogP contribution in [0.5, 0.6) is 0 Å². The highest BCUT2D eigenvalue weighted by molar-refractivity contribution is 5.26. The fourth-order valence-corrected chi connectivity index (χ4v) is 1.93. The number of nitrogens with one attached hydrogen (secondary N) is 1. The Morgan fingerprint density at radius 2 is 1.95 bits per heavy atom. The molecule has 2 aromatic rings. The van der Waals surface area contributed by atoms with Crippen molar-refractivity contribution in [1.29, 1.82) is 0 Å². The minimum Gasteiger partial charge on any atom is -0.467 e. The summed E-state index contributed by atoms with van der Waals surface area (Å²) in [5.41, 5.74) is 1.15. The number of hydrogen-bond donors (Lipinski definition) is 2. The van der Waals surface area contributed by atoms with E-state index in [0.29, 0.717) is 19.8 Å². The number of rotatable bonds is 8. The molecule has 1 aromatic heterocycles. The smallest absolute Gasteiger partial charge is 0.125 e. The van der Waals surface area contributed by atoms with E-state index in [1.165, 1.54) is 0 Å². The summed E-state index contributed by atoms with van der Waals surface area (Å²) in [6.45, 7) is 1.68. The van der Waals surface area contributed by atoms with Gasteiger partial charge < -0.3 is 19.6 Å². The van der Waals surface area contributed by atoms with Crippen molar-refractivity contribution in [2.75, 3.05) is 26.4 Å². The topological polar surface area (TPSA) is 54.6 Å². The minimum absolute atomic E-state index is 0.0222. The first-order valence-corrected chi connectivity index (χ1v) is 6.42. The van der Waals surface area contributed by atoms with Crippen LogP contribution in [-0.4, -0.2) is 31.5 Å². The zero-order chi connectivity index (χ0) is 13.3. The summed E-state index contributed by atoms with van der Waals surface area (Å²) in [6, 6.07) is 14.0. The molecule has 0 spiro atoms. The third kappa shape index (κ3) is 4.21. The number of ether oxygens (including phenoxy) is 1. The zero-order valence-corrected chi connectivity index (χ0v) is 10.8. The van der Waals surface area contributed by atoms with Gasteiger partial charge in [0.25, 0.3) is 0 Å². The first-order chi connectivity index (χ1) is 9.42. The van der Waals surface area contributed by atoms with Gasteiger partial charge in [-0.1, -0.05) is 30.3 Å². The van der Waals surface area contributed by atoms with Gasteiger partial charge in [-0.2, -0.15) is 0 Å². The quantitative estimate of drug-likeness (QED) is 0.713. The predicted octanol–water partition coefficient (Wildman–Crippen LogP) is 1.97. The Bertz CT molecular complexity index is 442. The van der Waals surface area contributed by atoms with E-state index in [1.54, 1.807) is 6.26 Å². The molecule has 1 aromatic carbocycles. The van der Waals surface area contributed by atoms with Gasteiger partial charge in [0.15, 0.2) is 0 Å². The van der Waals surface area contributed by atoms with Crippen molar-refractivity contribution < 1.29 is 14.3 Å². The number of aliphatic hydroxyl groups excluding tert-OH is 1. The van der Waals surface area contributed by atoms with Crippen LogP contribution >= 0.6 is 0 Å². The van der Waals surface area contributed by atoms with Crippen LogP contribution in [0.15, 0.2) is 53.1 Å². The second-order valence-electron chi connectivity index (χ2n) is 4.15. The van der Waals surface area contributed by atoms with Gasteiger partial charge in [0.05, 0.1) is 32.1 Å². The van der Waals surface area contributed by atoms with Crippen molar-refractivity contribution in [3.05, 3.63) is 60.1 Å². The molecule has 0 aliphatic heterocycles.